The number of piperidine rings is 1. The maximum absolute atomic E-state index is 12.3. The van der Waals surface area contributed by atoms with Gasteiger partial charge in [0, 0.05) is 26.7 Å². The molecule has 0 aliphatic carbocycles. The molecule has 19 heavy (non-hydrogen) atoms. The molecule has 0 spiro atoms. The van der Waals surface area contributed by atoms with Crippen molar-refractivity contribution in [2.24, 2.45) is 11.7 Å². The minimum atomic E-state index is -0.364. The Morgan fingerprint density at radius 2 is 2.16 bits per heavy atom. The molecule has 108 valence electrons. The van der Waals surface area contributed by atoms with Crippen molar-refractivity contribution in [3.8, 4) is 0 Å². The van der Waals surface area contributed by atoms with E-state index >= 15 is 0 Å². The van der Waals surface area contributed by atoms with Gasteiger partial charge in [-0.05, 0) is 25.7 Å². The van der Waals surface area contributed by atoms with Crippen molar-refractivity contribution < 1.29 is 14.3 Å². The van der Waals surface area contributed by atoms with Gasteiger partial charge in [-0.3, -0.25) is 9.59 Å². The summed E-state index contributed by atoms with van der Waals surface area (Å²) in [6.07, 6.45) is 2.95. The average molecular weight is 269 g/mol. The fourth-order valence-electron chi connectivity index (χ4n) is 2.86. The van der Waals surface area contributed by atoms with E-state index in [0.29, 0.717) is 13.1 Å². The summed E-state index contributed by atoms with van der Waals surface area (Å²) in [5.41, 5.74) is 5.55. The van der Waals surface area contributed by atoms with Crippen LogP contribution in [0.1, 0.15) is 25.7 Å². The maximum Gasteiger partial charge on any atom is 0.251 e. The summed E-state index contributed by atoms with van der Waals surface area (Å²) < 4.78 is 5.63. The number of hydrogen-bond donors (Lipinski definition) is 2. The van der Waals surface area contributed by atoms with Gasteiger partial charge in [0.1, 0.15) is 6.10 Å². The SMILES string of the molecule is CNC(=O)C1CCCN(C(=O)[C@@H]2CC[C@H](CN)O2)C1. The van der Waals surface area contributed by atoms with Crippen LogP contribution < -0.4 is 11.1 Å². The third-order valence-electron chi connectivity index (χ3n) is 4.00. The number of hydrogen-bond acceptors (Lipinski definition) is 4. The lowest BCUT2D eigenvalue weighted by Crippen LogP contribution is -2.48. The van der Waals surface area contributed by atoms with Crippen LogP contribution in [-0.4, -0.2) is 55.6 Å². The van der Waals surface area contributed by atoms with Gasteiger partial charge >= 0.3 is 0 Å². The molecule has 3 N–H and O–H groups in total. The second-order valence-corrected chi connectivity index (χ2v) is 5.30. The Kier molecular flexibility index (Phi) is 4.76. The minimum absolute atomic E-state index is 0.00785. The standard InChI is InChI=1S/C13H23N3O3/c1-15-12(17)9-3-2-6-16(8-9)13(18)11-5-4-10(7-14)19-11/h9-11H,2-8,14H2,1H3,(H,15,17)/t9?,10-,11+/m1/s1. The first kappa shape index (κ1) is 14.3. The molecule has 1 unspecified atom stereocenters. The normalized spacial score (nSPS) is 31.3. The van der Waals surface area contributed by atoms with Crippen LogP contribution in [0.3, 0.4) is 0 Å². The molecule has 2 aliphatic heterocycles. The molecule has 6 heteroatoms. The summed E-state index contributed by atoms with van der Waals surface area (Å²) in [5.74, 6) is -0.0522. The van der Waals surface area contributed by atoms with Crippen LogP contribution >= 0.6 is 0 Å². The van der Waals surface area contributed by atoms with Gasteiger partial charge in [0.2, 0.25) is 5.91 Å². The molecule has 2 fully saturated rings. The topological polar surface area (TPSA) is 84.7 Å². The summed E-state index contributed by atoms with van der Waals surface area (Å²) in [6.45, 7) is 1.69. The average Bonchev–Trinajstić information content (AvgIpc) is 2.94. The first-order valence-corrected chi connectivity index (χ1v) is 7.01. The first-order chi connectivity index (χ1) is 9.15. The Morgan fingerprint density at radius 3 is 2.79 bits per heavy atom. The molecule has 2 heterocycles. The number of nitrogens with one attached hydrogen (secondary N) is 1. The number of nitrogens with zero attached hydrogens (tertiary/aromatic N) is 1. The van der Waals surface area contributed by atoms with Gasteiger partial charge < -0.3 is 20.7 Å². The van der Waals surface area contributed by atoms with Crippen molar-refractivity contribution in [2.75, 3.05) is 26.7 Å². The third-order valence-corrected chi connectivity index (χ3v) is 4.00. The van der Waals surface area contributed by atoms with E-state index in [1.54, 1.807) is 11.9 Å². The molecule has 2 amide bonds. The number of rotatable bonds is 3. The van der Waals surface area contributed by atoms with E-state index in [2.05, 4.69) is 5.32 Å². The number of carbonyl (C=O) groups excluding carboxylic acids is 2. The number of nitrogens with two attached hydrogens (primary N) is 1. The first-order valence-electron chi connectivity index (χ1n) is 7.01. The van der Waals surface area contributed by atoms with E-state index in [0.717, 1.165) is 32.2 Å². The predicted octanol–water partition coefficient (Wildman–Crippen LogP) is -0.523. The van der Waals surface area contributed by atoms with E-state index in [9.17, 15) is 9.59 Å². The third kappa shape index (κ3) is 3.25. The molecule has 2 rings (SSSR count). The lowest BCUT2D eigenvalue weighted by Gasteiger charge is -2.33. The van der Waals surface area contributed by atoms with Crippen LogP contribution in [0.4, 0.5) is 0 Å². The summed E-state index contributed by atoms with van der Waals surface area (Å²) in [4.78, 5) is 25.8. The lowest BCUT2D eigenvalue weighted by atomic mass is 9.96. The van der Waals surface area contributed by atoms with Crippen molar-refractivity contribution in [3.05, 3.63) is 0 Å². The minimum Gasteiger partial charge on any atom is -0.364 e. The summed E-state index contributed by atoms with van der Waals surface area (Å²) in [7, 11) is 1.63. The fourth-order valence-corrected chi connectivity index (χ4v) is 2.86. The molecule has 0 radical (unpaired) electrons. The Labute approximate surface area is 113 Å². The lowest BCUT2D eigenvalue weighted by molar-refractivity contribution is -0.145. The molecule has 0 aromatic rings. The van der Waals surface area contributed by atoms with Crippen LogP contribution in [0, 0.1) is 5.92 Å². The van der Waals surface area contributed by atoms with Gasteiger partial charge in [-0.25, -0.2) is 0 Å². The molecule has 0 aromatic heterocycles. The molecule has 0 aromatic carbocycles. The highest BCUT2D eigenvalue weighted by molar-refractivity contribution is 5.83. The zero-order valence-corrected chi connectivity index (χ0v) is 11.4. The smallest absolute Gasteiger partial charge is 0.251 e. The highest BCUT2D eigenvalue weighted by atomic mass is 16.5. The molecular formula is C13H23N3O3. The molecule has 3 atom stereocenters. The van der Waals surface area contributed by atoms with Gasteiger partial charge in [0.15, 0.2) is 0 Å². The van der Waals surface area contributed by atoms with Crippen LogP contribution in [0.25, 0.3) is 0 Å². The monoisotopic (exact) mass is 269 g/mol. The summed E-state index contributed by atoms with van der Waals surface area (Å²) in [5, 5.41) is 2.66. The van der Waals surface area contributed by atoms with E-state index in [1.165, 1.54) is 0 Å². The Bertz CT molecular complexity index is 348. The van der Waals surface area contributed by atoms with Crippen molar-refractivity contribution in [1.29, 1.82) is 0 Å². The van der Waals surface area contributed by atoms with Gasteiger partial charge in [-0.1, -0.05) is 0 Å². The highest BCUT2D eigenvalue weighted by Crippen LogP contribution is 2.24. The van der Waals surface area contributed by atoms with Crippen molar-refractivity contribution in [3.63, 3.8) is 0 Å². The van der Waals surface area contributed by atoms with Gasteiger partial charge in [-0.15, -0.1) is 0 Å². The van der Waals surface area contributed by atoms with Crippen molar-refractivity contribution in [1.82, 2.24) is 10.2 Å². The number of likely N-dealkylation sites (tertiary alicyclic amines) is 1. The number of ether oxygens (including phenoxy) is 1. The van der Waals surface area contributed by atoms with E-state index in [1.807, 2.05) is 0 Å². The molecular weight excluding hydrogens is 246 g/mol. The Hall–Kier alpha value is -1.14. The fraction of sp³-hybridized carbons (Fsp3) is 0.846. The van der Waals surface area contributed by atoms with Crippen LogP contribution in [0.5, 0.6) is 0 Å². The van der Waals surface area contributed by atoms with Gasteiger partial charge in [-0.2, -0.15) is 0 Å². The second-order valence-electron chi connectivity index (χ2n) is 5.30. The van der Waals surface area contributed by atoms with Crippen molar-refractivity contribution >= 4 is 11.8 Å². The largest absolute Gasteiger partial charge is 0.364 e. The molecule has 0 bridgehead atoms. The Morgan fingerprint density at radius 1 is 1.37 bits per heavy atom. The second kappa shape index (κ2) is 6.34. The van der Waals surface area contributed by atoms with E-state index < -0.39 is 0 Å². The Balaban J connectivity index is 1.90. The van der Waals surface area contributed by atoms with Crippen LogP contribution in [-0.2, 0) is 14.3 Å². The number of carbonyl (C=O) groups is 2. The quantitative estimate of drug-likeness (QED) is 0.722. The summed E-state index contributed by atoms with van der Waals surface area (Å²) >= 11 is 0. The molecule has 2 aliphatic rings. The maximum atomic E-state index is 12.3. The number of amides is 2. The predicted molar refractivity (Wildman–Crippen MR) is 70.3 cm³/mol. The molecule has 2 saturated heterocycles. The van der Waals surface area contributed by atoms with Gasteiger partial charge in [0.05, 0.1) is 12.0 Å². The zero-order chi connectivity index (χ0) is 13.8. The van der Waals surface area contributed by atoms with Crippen molar-refractivity contribution in [2.45, 2.75) is 37.9 Å². The van der Waals surface area contributed by atoms with Crippen LogP contribution in [0.15, 0.2) is 0 Å². The molecule has 0 saturated carbocycles. The molecule has 6 nitrogen and oxygen atoms in total. The van der Waals surface area contributed by atoms with E-state index in [-0.39, 0.29) is 29.9 Å². The van der Waals surface area contributed by atoms with Crippen LogP contribution in [0.2, 0.25) is 0 Å². The van der Waals surface area contributed by atoms with E-state index in [4.69, 9.17) is 10.5 Å². The summed E-state index contributed by atoms with van der Waals surface area (Å²) in [6, 6.07) is 0. The van der Waals surface area contributed by atoms with Gasteiger partial charge in [0.25, 0.3) is 5.91 Å². The zero-order valence-electron chi connectivity index (χ0n) is 11.4. The highest BCUT2D eigenvalue weighted by Gasteiger charge is 2.35.